The molecule has 0 heterocycles. The van der Waals surface area contributed by atoms with Crippen molar-refractivity contribution >= 4 is 35.1 Å². The zero-order valence-electron chi connectivity index (χ0n) is 9.07. The van der Waals surface area contributed by atoms with Crippen molar-refractivity contribution in [3.05, 3.63) is 33.8 Å². The lowest BCUT2D eigenvalue weighted by Gasteiger charge is -2.12. The van der Waals surface area contributed by atoms with E-state index in [1.54, 1.807) is 25.1 Å². The van der Waals surface area contributed by atoms with E-state index in [0.29, 0.717) is 0 Å². The molecule has 0 unspecified atom stereocenters. The van der Waals surface area contributed by atoms with E-state index >= 15 is 0 Å². The van der Waals surface area contributed by atoms with Gasteiger partial charge in [-0.05, 0) is 12.1 Å². The smallest absolute Gasteiger partial charge is 0.404 e. The van der Waals surface area contributed by atoms with Gasteiger partial charge in [0, 0.05) is 0 Å². The van der Waals surface area contributed by atoms with E-state index in [2.05, 4.69) is 4.74 Å². The van der Waals surface area contributed by atoms with Gasteiger partial charge in [0.25, 0.3) is 0 Å². The summed E-state index contributed by atoms with van der Waals surface area (Å²) in [5, 5.41) is 0.543. The Balaban J connectivity index is 2.85. The number of hydrogen-bond acceptors (Lipinski definition) is 3. The second kappa shape index (κ2) is 5.89. The first kappa shape index (κ1) is 13.8. The molecule has 1 atom stereocenters. The number of carbonyl (C=O) groups is 2. The molecule has 6 heteroatoms. The van der Waals surface area contributed by atoms with Gasteiger partial charge in [-0.3, -0.25) is 4.79 Å². The fourth-order valence-corrected chi connectivity index (χ4v) is 1.85. The second-order valence-electron chi connectivity index (χ2n) is 3.49. The van der Waals surface area contributed by atoms with Crippen LogP contribution >= 0.6 is 23.2 Å². The quantitative estimate of drug-likeness (QED) is 0.859. The minimum atomic E-state index is -0.921. The molecule has 0 aliphatic carbocycles. The molecule has 0 aromatic heterocycles. The Hall–Kier alpha value is -1.26. The molecule has 1 rings (SSSR count). The lowest BCUT2D eigenvalue weighted by molar-refractivity contribution is 0.0847. The molecule has 0 aliphatic rings. The zero-order valence-corrected chi connectivity index (χ0v) is 10.6. The molecule has 0 fully saturated rings. The third-order valence-electron chi connectivity index (χ3n) is 2.13. The summed E-state index contributed by atoms with van der Waals surface area (Å²) in [6.45, 7) is 1.50. The number of Topliss-reactive ketones (excluding diaryl/α,β-unsaturated/α-hetero) is 1. The summed E-state index contributed by atoms with van der Waals surface area (Å²) < 4.78 is 4.56. The van der Waals surface area contributed by atoms with Gasteiger partial charge in [0.2, 0.25) is 0 Å². The summed E-state index contributed by atoms with van der Waals surface area (Å²) in [5.41, 5.74) is 5.05. The van der Waals surface area contributed by atoms with E-state index in [1.807, 2.05) is 0 Å². The SMILES string of the molecule is C[C@@H](COC(N)=O)C(=O)c1c(Cl)cccc1Cl. The number of nitrogens with two attached hydrogens (primary N) is 1. The van der Waals surface area contributed by atoms with Gasteiger partial charge in [-0.2, -0.15) is 0 Å². The molecule has 4 nitrogen and oxygen atoms in total. The second-order valence-corrected chi connectivity index (χ2v) is 4.31. The first-order chi connectivity index (χ1) is 7.93. The van der Waals surface area contributed by atoms with Crippen molar-refractivity contribution in [3.63, 3.8) is 0 Å². The van der Waals surface area contributed by atoms with Crippen molar-refractivity contribution in [1.29, 1.82) is 0 Å². The van der Waals surface area contributed by atoms with Crippen molar-refractivity contribution in [2.45, 2.75) is 6.92 Å². The molecule has 17 heavy (non-hydrogen) atoms. The first-order valence-corrected chi connectivity index (χ1v) is 5.59. The topological polar surface area (TPSA) is 69.4 Å². The molecule has 2 N–H and O–H groups in total. The zero-order chi connectivity index (χ0) is 13.0. The molecule has 1 aromatic carbocycles. The summed E-state index contributed by atoms with van der Waals surface area (Å²) in [4.78, 5) is 22.4. The minimum absolute atomic E-state index is 0.101. The molecule has 0 saturated carbocycles. The van der Waals surface area contributed by atoms with Crippen molar-refractivity contribution < 1.29 is 14.3 Å². The molecule has 1 aromatic rings. The highest BCUT2D eigenvalue weighted by molar-refractivity contribution is 6.39. The monoisotopic (exact) mass is 275 g/mol. The molecule has 0 saturated heterocycles. The summed E-state index contributed by atoms with van der Waals surface area (Å²) in [7, 11) is 0. The lowest BCUT2D eigenvalue weighted by atomic mass is 10.00. The van der Waals surface area contributed by atoms with E-state index in [0.717, 1.165) is 0 Å². The number of hydrogen-bond donors (Lipinski definition) is 1. The fourth-order valence-electron chi connectivity index (χ4n) is 1.26. The van der Waals surface area contributed by atoms with Crippen LogP contribution in [0, 0.1) is 5.92 Å². The van der Waals surface area contributed by atoms with Crippen molar-refractivity contribution in [2.75, 3.05) is 6.61 Å². The van der Waals surface area contributed by atoms with Crippen LogP contribution in [-0.4, -0.2) is 18.5 Å². The predicted molar refractivity (Wildman–Crippen MR) is 65.5 cm³/mol. The van der Waals surface area contributed by atoms with Crippen LogP contribution in [0.5, 0.6) is 0 Å². The Kier molecular flexibility index (Phi) is 4.78. The van der Waals surface area contributed by atoms with Gasteiger partial charge < -0.3 is 10.5 Å². The van der Waals surface area contributed by atoms with E-state index in [9.17, 15) is 9.59 Å². The maximum absolute atomic E-state index is 12.0. The number of amides is 1. The Bertz CT molecular complexity index is 428. The van der Waals surface area contributed by atoms with Crippen LogP contribution in [0.4, 0.5) is 4.79 Å². The largest absolute Gasteiger partial charge is 0.449 e. The van der Waals surface area contributed by atoms with Crippen LogP contribution in [0.3, 0.4) is 0 Å². The molecule has 0 aliphatic heterocycles. The van der Waals surface area contributed by atoms with Crippen LogP contribution in [0.2, 0.25) is 10.0 Å². The molecular formula is C11H11Cl2NO3. The lowest BCUT2D eigenvalue weighted by Crippen LogP contribution is -2.23. The fraction of sp³-hybridized carbons (Fsp3) is 0.273. The van der Waals surface area contributed by atoms with Crippen LogP contribution in [0.1, 0.15) is 17.3 Å². The van der Waals surface area contributed by atoms with Crippen molar-refractivity contribution in [2.24, 2.45) is 11.7 Å². The van der Waals surface area contributed by atoms with Gasteiger partial charge in [0.1, 0.15) is 6.61 Å². The Morgan fingerprint density at radius 3 is 2.35 bits per heavy atom. The average Bonchev–Trinajstić information content (AvgIpc) is 2.25. The number of halogens is 2. The Morgan fingerprint density at radius 1 is 1.35 bits per heavy atom. The van der Waals surface area contributed by atoms with E-state index < -0.39 is 12.0 Å². The molecule has 0 spiro atoms. The number of ketones is 1. The van der Waals surface area contributed by atoms with Gasteiger partial charge in [0.15, 0.2) is 5.78 Å². The number of benzene rings is 1. The number of rotatable bonds is 4. The van der Waals surface area contributed by atoms with Gasteiger partial charge in [-0.15, -0.1) is 0 Å². The third kappa shape index (κ3) is 3.61. The Labute approximate surface area is 109 Å². The summed E-state index contributed by atoms with van der Waals surface area (Å²) >= 11 is 11.8. The molecular weight excluding hydrogens is 265 g/mol. The maximum Gasteiger partial charge on any atom is 0.404 e. The third-order valence-corrected chi connectivity index (χ3v) is 2.76. The molecule has 1 amide bonds. The highest BCUT2D eigenvalue weighted by Gasteiger charge is 2.21. The standard InChI is InChI=1S/C11H11Cl2NO3/c1-6(5-17-11(14)16)10(15)9-7(12)3-2-4-8(9)13/h2-4,6H,5H2,1H3,(H2,14,16)/t6-/m0/s1. The van der Waals surface area contributed by atoms with Crippen LogP contribution in [-0.2, 0) is 4.74 Å². The summed E-state index contributed by atoms with van der Waals surface area (Å²) in [5.74, 6) is -0.846. The summed E-state index contributed by atoms with van der Waals surface area (Å²) in [6, 6.07) is 4.79. The molecule has 0 radical (unpaired) electrons. The van der Waals surface area contributed by atoms with Gasteiger partial charge in [-0.25, -0.2) is 4.79 Å². The minimum Gasteiger partial charge on any atom is -0.449 e. The first-order valence-electron chi connectivity index (χ1n) is 4.84. The summed E-state index contributed by atoms with van der Waals surface area (Å²) in [6.07, 6.45) is -0.921. The van der Waals surface area contributed by atoms with Crippen LogP contribution < -0.4 is 5.73 Å². The van der Waals surface area contributed by atoms with Gasteiger partial charge in [0.05, 0.1) is 21.5 Å². The highest BCUT2D eigenvalue weighted by Crippen LogP contribution is 2.26. The number of primary amides is 1. The Morgan fingerprint density at radius 2 is 1.88 bits per heavy atom. The highest BCUT2D eigenvalue weighted by atomic mass is 35.5. The van der Waals surface area contributed by atoms with E-state index in [-0.39, 0.29) is 28.0 Å². The number of ether oxygens (including phenoxy) is 1. The number of carbonyl (C=O) groups excluding carboxylic acids is 2. The van der Waals surface area contributed by atoms with Gasteiger partial charge >= 0.3 is 6.09 Å². The van der Waals surface area contributed by atoms with Crippen molar-refractivity contribution in [3.8, 4) is 0 Å². The van der Waals surface area contributed by atoms with E-state index in [4.69, 9.17) is 28.9 Å². The molecule has 0 bridgehead atoms. The van der Waals surface area contributed by atoms with E-state index in [1.165, 1.54) is 0 Å². The van der Waals surface area contributed by atoms with Crippen LogP contribution in [0.15, 0.2) is 18.2 Å². The van der Waals surface area contributed by atoms with Crippen molar-refractivity contribution in [1.82, 2.24) is 0 Å². The molecule has 92 valence electrons. The maximum atomic E-state index is 12.0. The normalized spacial score (nSPS) is 11.9. The predicted octanol–water partition coefficient (Wildman–Crippen LogP) is 2.91. The van der Waals surface area contributed by atoms with Crippen LogP contribution in [0.25, 0.3) is 0 Å². The average molecular weight is 276 g/mol. The van der Waals surface area contributed by atoms with Gasteiger partial charge in [-0.1, -0.05) is 36.2 Å².